The van der Waals surface area contributed by atoms with Crippen molar-refractivity contribution in [2.75, 3.05) is 6.54 Å². The van der Waals surface area contributed by atoms with Crippen molar-refractivity contribution in [2.24, 2.45) is 0 Å². The van der Waals surface area contributed by atoms with Gasteiger partial charge in [0.1, 0.15) is 6.04 Å². The molecule has 0 saturated carbocycles. The number of carbonyl (C=O) groups is 2. The first kappa shape index (κ1) is 10.6. The van der Waals surface area contributed by atoms with Crippen molar-refractivity contribution in [3.8, 4) is 12.3 Å². The van der Waals surface area contributed by atoms with E-state index in [0.717, 1.165) is 6.42 Å². The van der Waals surface area contributed by atoms with Crippen LogP contribution in [0.1, 0.15) is 25.7 Å². The fourth-order valence-electron chi connectivity index (χ4n) is 1.34. The van der Waals surface area contributed by atoms with Crippen LogP contribution in [0.25, 0.3) is 0 Å². The summed E-state index contributed by atoms with van der Waals surface area (Å²) in [6, 6.07) is -0.340. The van der Waals surface area contributed by atoms with E-state index in [4.69, 9.17) is 6.42 Å². The molecule has 4 nitrogen and oxygen atoms in total. The minimum atomic E-state index is -0.340. The Hall–Kier alpha value is -1.50. The molecular formula is C10H14N2O2. The maximum absolute atomic E-state index is 11.4. The zero-order chi connectivity index (χ0) is 10.4. The maximum Gasteiger partial charge on any atom is 0.242 e. The second kappa shape index (κ2) is 5.28. The van der Waals surface area contributed by atoms with Gasteiger partial charge in [0.05, 0.1) is 0 Å². The van der Waals surface area contributed by atoms with Crippen LogP contribution in [-0.2, 0) is 9.59 Å². The second-order valence-electron chi connectivity index (χ2n) is 3.26. The highest BCUT2D eigenvalue weighted by Crippen LogP contribution is 2.05. The molecule has 0 spiro atoms. The van der Waals surface area contributed by atoms with Crippen molar-refractivity contribution in [2.45, 2.75) is 31.7 Å². The predicted octanol–water partition coefficient (Wildman–Crippen LogP) is -0.205. The maximum atomic E-state index is 11.4. The number of unbranched alkanes of at least 4 members (excludes halogenated alkanes) is 1. The van der Waals surface area contributed by atoms with E-state index >= 15 is 0 Å². The Bertz CT molecular complexity index is 268. The summed E-state index contributed by atoms with van der Waals surface area (Å²) in [5, 5.41) is 5.33. The molecule has 1 unspecified atom stereocenters. The monoisotopic (exact) mass is 194 g/mol. The number of hydrogen-bond acceptors (Lipinski definition) is 2. The second-order valence-corrected chi connectivity index (χ2v) is 3.26. The minimum absolute atomic E-state index is 0.0474. The van der Waals surface area contributed by atoms with Gasteiger partial charge in [0.25, 0.3) is 0 Å². The first-order chi connectivity index (χ1) is 6.74. The van der Waals surface area contributed by atoms with Crippen LogP contribution >= 0.6 is 0 Å². The van der Waals surface area contributed by atoms with Crippen LogP contribution in [0, 0.1) is 12.3 Å². The molecule has 0 radical (unpaired) electrons. The molecule has 76 valence electrons. The topological polar surface area (TPSA) is 58.2 Å². The molecule has 1 aliphatic rings. The lowest BCUT2D eigenvalue weighted by molar-refractivity contribution is -0.125. The average molecular weight is 194 g/mol. The summed E-state index contributed by atoms with van der Waals surface area (Å²) in [5.41, 5.74) is 0. The van der Waals surface area contributed by atoms with Crippen LogP contribution in [0.5, 0.6) is 0 Å². The smallest absolute Gasteiger partial charge is 0.242 e. The standard InChI is InChI=1S/C10H14N2O2/c1-2-3-4-7-11-10(14)8-5-6-9(13)12-8/h1,8H,3-7H2,(H,11,14)(H,12,13). The lowest BCUT2D eigenvalue weighted by Crippen LogP contribution is -2.41. The molecule has 4 heteroatoms. The predicted molar refractivity (Wildman–Crippen MR) is 52.2 cm³/mol. The van der Waals surface area contributed by atoms with E-state index in [2.05, 4.69) is 16.6 Å². The quantitative estimate of drug-likeness (QED) is 0.481. The minimum Gasteiger partial charge on any atom is -0.354 e. The van der Waals surface area contributed by atoms with Crippen LogP contribution in [-0.4, -0.2) is 24.4 Å². The Morgan fingerprint density at radius 1 is 1.71 bits per heavy atom. The summed E-state index contributed by atoms with van der Waals surface area (Å²) < 4.78 is 0. The van der Waals surface area contributed by atoms with Crippen LogP contribution in [0.2, 0.25) is 0 Å². The first-order valence-electron chi connectivity index (χ1n) is 4.74. The van der Waals surface area contributed by atoms with Gasteiger partial charge in [-0.3, -0.25) is 9.59 Å². The van der Waals surface area contributed by atoms with Crippen molar-refractivity contribution in [3.05, 3.63) is 0 Å². The number of amides is 2. The summed E-state index contributed by atoms with van der Waals surface area (Å²) in [4.78, 5) is 22.2. The molecule has 2 N–H and O–H groups in total. The normalized spacial score (nSPS) is 19.9. The van der Waals surface area contributed by atoms with Crippen molar-refractivity contribution in [1.82, 2.24) is 10.6 Å². The Morgan fingerprint density at radius 2 is 2.50 bits per heavy atom. The van der Waals surface area contributed by atoms with E-state index in [1.54, 1.807) is 0 Å². The molecule has 1 rings (SSSR count). The third-order valence-corrected chi connectivity index (χ3v) is 2.11. The zero-order valence-electron chi connectivity index (χ0n) is 8.01. The lowest BCUT2D eigenvalue weighted by Gasteiger charge is -2.09. The Balaban J connectivity index is 2.16. The van der Waals surface area contributed by atoms with Crippen molar-refractivity contribution in [1.29, 1.82) is 0 Å². The van der Waals surface area contributed by atoms with E-state index in [-0.39, 0.29) is 17.9 Å². The fourth-order valence-corrected chi connectivity index (χ4v) is 1.34. The number of terminal acetylenes is 1. The highest BCUT2D eigenvalue weighted by Gasteiger charge is 2.26. The molecule has 1 saturated heterocycles. The van der Waals surface area contributed by atoms with Crippen LogP contribution in [0.4, 0.5) is 0 Å². The van der Waals surface area contributed by atoms with Gasteiger partial charge in [0.15, 0.2) is 0 Å². The largest absolute Gasteiger partial charge is 0.354 e. The fraction of sp³-hybridized carbons (Fsp3) is 0.600. The van der Waals surface area contributed by atoms with Crippen molar-refractivity contribution >= 4 is 11.8 Å². The molecule has 0 aromatic rings. The molecule has 0 aromatic heterocycles. The Labute approximate surface area is 83.4 Å². The van der Waals surface area contributed by atoms with Crippen molar-refractivity contribution in [3.63, 3.8) is 0 Å². The molecule has 2 amide bonds. The number of hydrogen-bond donors (Lipinski definition) is 2. The van der Waals surface area contributed by atoms with Gasteiger partial charge in [-0.2, -0.15) is 0 Å². The molecule has 1 heterocycles. The molecule has 0 aliphatic carbocycles. The summed E-state index contributed by atoms with van der Waals surface area (Å²) in [6.45, 7) is 0.579. The summed E-state index contributed by atoms with van der Waals surface area (Å²) in [6.07, 6.45) is 7.55. The summed E-state index contributed by atoms with van der Waals surface area (Å²) in [5.74, 6) is 2.35. The van der Waals surface area contributed by atoms with Crippen LogP contribution < -0.4 is 10.6 Å². The van der Waals surface area contributed by atoms with E-state index in [1.165, 1.54) is 0 Å². The van der Waals surface area contributed by atoms with Gasteiger partial charge in [-0.1, -0.05) is 0 Å². The molecular weight excluding hydrogens is 180 g/mol. The number of rotatable bonds is 4. The molecule has 1 aliphatic heterocycles. The average Bonchev–Trinajstić information content (AvgIpc) is 2.59. The Morgan fingerprint density at radius 3 is 3.07 bits per heavy atom. The molecule has 0 bridgehead atoms. The lowest BCUT2D eigenvalue weighted by atomic mass is 10.2. The summed E-state index contributed by atoms with van der Waals surface area (Å²) in [7, 11) is 0. The zero-order valence-corrected chi connectivity index (χ0v) is 8.01. The van der Waals surface area contributed by atoms with E-state index in [0.29, 0.717) is 25.8 Å². The van der Waals surface area contributed by atoms with Gasteiger partial charge >= 0.3 is 0 Å². The van der Waals surface area contributed by atoms with Crippen LogP contribution in [0.15, 0.2) is 0 Å². The highest BCUT2D eigenvalue weighted by molar-refractivity contribution is 5.90. The van der Waals surface area contributed by atoms with Crippen molar-refractivity contribution < 1.29 is 9.59 Å². The van der Waals surface area contributed by atoms with Crippen LogP contribution in [0.3, 0.4) is 0 Å². The third-order valence-electron chi connectivity index (χ3n) is 2.11. The number of nitrogens with one attached hydrogen (secondary N) is 2. The highest BCUT2D eigenvalue weighted by atomic mass is 16.2. The van der Waals surface area contributed by atoms with Gasteiger partial charge in [-0.05, 0) is 12.8 Å². The van der Waals surface area contributed by atoms with Gasteiger partial charge < -0.3 is 10.6 Å². The van der Waals surface area contributed by atoms with Gasteiger partial charge in [-0.25, -0.2) is 0 Å². The van der Waals surface area contributed by atoms with E-state index < -0.39 is 0 Å². The molecule has 1 atom stereocenters. The van der Waals surface area contributed by atoms with E-state index in [9.17, 15) is 9.59 Å². The molecule has 1 fully saturated rings. The third kappa shape index (κ3) is 3.09. The molecule has 14 heavy (non-hydrogen) atoms. The first-order valence-corrected chi connectivity index (χ1v) is 4.74. The Kier molecular flexibility index (Phi) is 3.99. The summed E-state index contributed by atoms with van der Waals surface area (Å²) >= 11 is 0. The number of carbonyl (C=O) groups excluding carboxylic acids is 2. The van der Waals surface area contributed by atoms with Gasteiger partial charge in [0.2, 0.25) is 11.8 Å². The molecule has 0 aromatic carbocycles. The van der Waals surface area contributed by atoms with Gasteiger partial charge in [-0.15, -0.1) is 12.3 Å². The van der Waals surface area contributed by atoms with Gasteiger partial charge in [0, 0.05) is 19.4 Å². The SMILES string of the molecule is C#CCCCNC(=O)C1CCC(=O)N1. The van der Waals surface area contributed by atoms with E-state index in [1.807, 2.05) is 0 Å².